The molecule has 2 aromatic rings. The fourth-order valence-electron chi connectivity index (χ4n) is 4.21. The lowest BCUT2D eigenvalue weighted by atomic mass is 9.75. The number of amides is 1. The van der Waals surface area contributed by atoms with Gasteiger partial charge in [0, 0.05) is 50.2 Å². The number of rotatable bonds is 2. The first kappa shape index (κ1) is 17.9. The van der Waals surface area contributed by atoms with Crippen LogP contribution in [0.15, 0.2) is 48.7 Å². The molecule has 142 valence electrons. The molecular formula is C21H23F2N3O. The minimum atomic E-state index is -2.78. The number of para-hydroxylation sites is 1. The Morgan fingerprint density at radius 3 is 2.52 bits per heavy atom. The van der Waals surface area contributed by atoms with Gasteiger partial charge in [0.15, 0.2) is 0 Å². The van der Waals surface area contributed by atoms with Crippen LogP contribution in [0.5, 0.6) is 0 Å². The van der Waals surface area contributed by atoms with Crippen LogP contribution < -0.4 is 4.90 Å². The van der Waals surface area contributed by atoms with Gasteiger partial charge in [-0.15, -0.1) is 0 Å². The van der Waals surface area contributed by atoms with E-state index in [2.05, 4.69) is 4.98 Å². The number of carbonyl (C=O) groups excluding carboxylic acids is 1. The second-order valence-corrected chi connectivity index (χ2v) is 7.66. The number of benzene rings is 1. The normalized spacial score (nSPS) is 24.4. The first-order valence-electron chi connectivity index (χ1n) is 9.30. The van der Waals surface area contributed by atoms with Crippen LogP contribution in [0.1, 0.15) is 28.9 Å². The summed E-state index contributed by atoms with van der Waals surface area (Å²) >= 11 is 0. The van der Waals surface area contributed by atoms with Gasteiger partial charge in [0.25, 0.3) is 11.8 Å². The van der Waals surface area contributed by atoms with Crippen molar-refractivity contribution in [1.82, 2.24) is 9.88 Å². The number of alkyl halides is 2. The lowest BCUT2D eigenvalue weighted by Crippen LogP contribution is -2.58. The first-order valence-corrected chi connectivity index (χ1v) is 9.30. The molecular weight excluding hydrogens is 348 g/mol. The van der Waals surface area contributed by atoms with E-state index in [1.54, 1.807) is 17.0 Å². The van der Waals surface area contributed by atoms with Gasteiger partial charge in [0.05, 0.1) is 11.0 Å². The van der Waals surface area contributed by atoms with Crippen molar-refractivity contribution in [3.63, 3.8) is 0 Å². The Kier molecular flexibility index (Phi) is 4.36. The molecule has 0 radical (unpaired) electrons. The number of halogens is 2. The van der Waals surface area contributed by atoms with Gasteiger partial charge in [-0.2, -0.15) is 0 Å². The Bertz CT molecular complexity index is 825. The molecule has 2 aliphatic heterocycles. The molecule has 0 saturated carbocycles. The van der Waals surface area contributed by atoms with Crippen LogP contribution in [0.3, 0.4) is 0 Å². The number of likely N-dealkylation sites (tertiary alicyclic amines) is 1. The highest BCUT2D eigenvalue weighted by molar-refractivity contribution is 5.94. The number of piperidine rings is 1. The molecule has 0 N–H and O–H groups in total. The van der Waals surface area contributed by atoms with Crippen LogP contribution >= 0.6 is 0 Å². The number of hydrogen-bond acceptors (Lipinski definition) is 3. The van der Waals surface area contributed by atoms with E-state index in [1.165, 1.54) is 6.20 Å². The predicted octanol–water partition coefficient (Wildman–Crippen LogP) is 3.77. The van der Waals surface area contributed by atoms with E-state index in [0.717, 1.165) is 11.4 Å². The summed E-state index contributed by atoms with van der Waals surface area (Å²) in [6.45, 7) is 2.85. The molecule has 1 spiro atoms. The van der Waals surface area contributed by atoms with E-state index in [9.17, 15) is 13.6 Å². The number of pyridine rings is 1. The van der Waals surface area contributed by atoms with Crippen LogP contribution in [0.4, 0.5) is 14.5 Å². The van der Waals surface area contributed by atoms with E-state index in [-0.39, 0.29) is 32.0 Å². The van der Waals surface area contributed by atoms with Gasteiger partial charge in [-0.05, 0) is 37.6 Å². The SMILES string of the molecule is Cc1ccc(C(=O)N2CCC(F)(F)C3(CCN(c4ccccc4)C3)C2)cn1. The molecule has 2 fully saturated rings. The summed E-state index contributed by atoms with van der Waals surface area (Å²) in [6, 6.07) is 13.1. The maximum atomic E-state index is 15.0. The number of aryl methyl sites for hydroxylation is 1. The van der Waals surface area contributed by atoms with Crippen molar-refractivity contribution < 1.29 is 13.6 Å². The zero-order valence-electron chi connectivity index (χ0n) is 15.4. The minimum absolute atomic E-state index is 0.0762. The van der Waals surface area contributed by atoms with Gasteiger partial charge in [0.2, 0.25) is 0 Å². The minimum Gasteiger partial charge on any atom is -0.371 e. The Morgan fingerprint density at radius 2 is 1.81 bits per heavy atom. The molecule has 1 atom stereocenters. The number of aromatic nitrogens is 1. The van der Waals surface area contributed by atoms with Crippen molar-refractivity contribution in [2.75, 3.05) is 31.1 Å². The van der Waals surface area contributed by atoms with Crippen molar-refractivity contribution >= 4 is 11.6 Å². The Hall–Kier alpha value is -2.50. The quantitative estimate of drug-likeness (QED) is 0.806. The monoisotopic (exact) mass is 371 g/mol. The average Bonchev–Trinajstić information content (AvgIpc) is 3.11. The highest BCUT2D eigenvalue weighted by atomic mass is 19.3. The third-order valence-corrected chi connectivity index (χ3v) is 5.89. The Morgan fingerprint density at radius 1 is 1.04 bits per heavy atom. The van der Waals surface area contributed by atoms with Crippen molar-refractivity contribution in [2.24, 2.45) is 5.41 Å². The Labute approximate surface area is 157 Å². The van der Waals surface area contributed by atoms with Crippen molar-refractivity contribution in [1.29, 1.82) is 0 Å². The fraction of sp³-hybridized carbons (Fsp3) is 0.429. The molecule has 2 aliphatic rings. The maximum absolute atomic E-state index is 15.0. The summed E-state index contributed by atoms with van der Waals surface area (Å²) in [6.07, 6.45) is 1.62. The third kappa shape index (κ3) is 3.17. The van der Waals surface area contributed by atoms with Gasteiger partial charge in [0.1, 0.15) is 0 Å². The van der Waals surface area contributed by atoms with Crippen LogP contribution in [-0.4, -0.2) is 47.9 Å². The summed E-state index contributed by atoms with van der Waals surface area (Å²) in [5.74, 6) is -2.99. The largest absolute Gasteiger partial charge is 0.371 e. The zero-order valence-corrected chi connectivity index (χ0v) is 15.4. The van der Waals surface area contributed by atoms with Crippen LogP contribution in [0, 0.1) is 12.3 Å². The van der Waals surface area contributed by atoms with Crippen molar-refractivity contribution in [2.45, 2.75) is 25.7 Å². The lowest BCUT2D eigenvalue weighted by molar-refractivity contribution is -0.150. The number of nitrogens with zero attached hydrogens (tertiary/aromatic N) is 3. The fourth-order valence-corrected chi connectivity index (χ4v) is 4.21. The van der Waals surface area contributed by atoms with Crippen molar-refractivity contribution in [3.05, 3.63) is 59.9 Å². The summed E-state index contributed by atoms with van der Waals surface area (Å²) < 4.78 is 29.9. The second kappa shape index (κ2) is 6.59. The topological polar surface area (TPSA) is 36.4 Å². The molecule has 4 rings (SSSR count). The summed E-state index contributed by atoms with van der Waals surface area (Å²) in [4.78, 5) is 20.6. The molecule has 1 aromatic heterocycles. The molecule has 1 unspecified atom stereocenters. The van der Waals surface area contributed by atoms with Gasteiger partial charge in [-0.25, -0.2) is 8.78 Å². The van der Waals surface area contributed by atoms with Gasteiger partial charge in [-0.3, -0.25) is 9.78 Å². The molecule has 1 amide bonds. The van der Waals surface area contributed by atoms with Gasteiger partial charge >= 0.3 is 0 Å². The smallest absolute Gasteiger partial charge is 0.258 e. The molecule has 27 heavy (non-hydrogen) atoms. The number of anilines is 1. The van der Waals surface area contributed by atoms with E-state index in [4.69, 9.17) is 0 Å². The summed E-state index contributed by atoms with van der Waals surface area (Å²) in [5, 5.41) is 0. The highest BCUT2D eigenvalue weighted by Crippen LogP contribution is 2.50. The van der Waals surface area contributed by atoms with Crippen LogP contribution in [-0.2, 0) is 0 Å². The standard InChI is InChI=1S/C21H23F2N3O/c1-16-7-8-17(13-24-16)19(27)26-12-10-21(22,23)20(15-26)9-11-25(14-20)18-5-3-2-4-6-18/h2-8,13H,9-12,14-15H2,1H3. The highest BCUT2D eigenvalue weighted by Gasteiger charge is 2.60. The number of carbonyl (C=O) groups is 1. The zero-order chi connectivity index (χ0) is 19.1. The second-order valence-electron chi connectivity index (χ2n) is 7.66. The molecule has 2 saturated heterocycles. The molecule has 3 heterocycles. The van der Waals surface area contributed by atoms with E-state index in [0.29, 0.717) is 18.5 Å². The molecule has 1 aromatic carbocycles. The van der Waals surface area contributed by atoms with Crippen molar-refractivity contribution in [3.8, 4) is 0 Å². The Balaban J connectivity index is 1.56. The number of hydrogen-bond donors (Lipinski definition) is 0. The first-order chi connectivity index (χ1) is 12.9. The molecule has 4 nitrogen and oxygen atoms in total. The third-order valence-electron chi connectivity index (χ3n) is 5.89. The van der Waals surface area contributed by atoms with E-state index >= 15 is 0 Å². The summed E-state index contributed by atoms with van der Waals surface area (Å²) in [7, 11) is 0. The van der Waals surface area contributed by atoms with E-state index < -0.39 is 11.3 Å². The van der Waals surface area contributed by atoms with Crippen LogP contribution in [0.25, 0.3) is 0 Å². The predicted molar refractivity (Wildman–Crippen MR) is 100 cm³/mol. The van der Waals surface area contributed by atoms with E-state index in [1.807, 2.05) is 42.2 Å². The molecule has 0 bridgehead atoms. The average molecular weight is 371 g/mol. The lowest BCUT2D eigenvalue weighted by Gasteiger charge is -2.46. The van der Waals surface area contributed by atoms with Gasteiger partial charge in [-0.1, -0.05) is 18.2 Å². The maximum Gasteiger partial charge on any atom is 0.258 e. The van der Waals surface area contributed by atoms with Crippen LogP contribution in [0.2, 0.25) is 0 Å². The molecule has 6 heteroatoms. The molecule has 0 aliphatic carbocycles. The summed E-state index contributed by atoms with van der Waals surface area (Å²) in [5.41, 5.74) is 1.03. The van der Waals surface area contributed by atoms with Gasteiger partial charge < -0.3 is 9.80 Å².